The average molecular weight is 622 g/mol. The van der Waals surface area contributed by atoms with E-state index in [1.165, 1.54) is 12.1 Å². The molecular formula is C26H26ClFIN5O2. The Morgan fingerprint density at radius 1 is 1.19 bits per heavy atom. The number of benzene rings is 2. The van der Waals surface area contributed by atoms with Crippen LogP contribution in [0.2, 0.25) is 5.02 Å². The number of rotatable bonds is 6. The fraction of sp³-hybridized carbons (Fsp3) is 0.308. The van der Waals surface area contributed by atoms with Crippen molar-refractivity contribution < 1.29 is 9.13 Å². The Kier molecular flexibility index (Phi) is 7.08. The highest BCUT2D eigenvalue weighted by Gasteiger charge is 2.28. The van der Waals surface area contributed by atoms with Crippen LogP contribution < -0.4 is 16.2 Å². The number of halogens is 3. The van der Waals surface area contributed by atoms with Crippen LogP contribution in [0.4, 0.5) is 21.6 Å². The molecule has 0 atom stereocenters. The van der Waals surface area contributed by atoms with E-state index in [-0.39, 0.29) is 16.1 Å². The van der Waals surface area contributed by atoms with E-state index < -0.39 is 5.82 Å². The van der Waals surface area contributed by atoms with Gasteiger partial charge in [-0.3, -0.25) is 9.69 Å². The molecular weight excluding hydrogens is 596 g/mol. The first kappa shape index (κ1) is 25.2. The summed E-state index contributed by atoms with van der Waals surface area (Å²) >= 11 is 8.33. The van der Waals surface area contributed by atoms with Crippen molar-refractivity contribution in [1.29, 1.82) is 0 Å². The molecule has 2 aromatic heterocycles. The summed E-state index contributed by atoms with van der Waals surface area (Å²) in [4.78, 5) is 23.0. The summed E-state index contributed by atoms with van der Waals surface area (Å²) in [5, 5.41) is 8.91. The highest BCUT2D eigenvalue weighted by Crippen LogP contribution is 2.35. The molecule has 0 bridgehead atoms. The molecule has 0 aliphatic carbocycles. The molecule has 1 fully saturated rings. The minimum atomic E-state index is -0.417. The molecule has 188 valence electrons. The van der Waals surface area contributed by atoms with Gasteiger partial charge in [0.15, 0.2) is 0 Å². The average Bonchev–Trinajstić information content (AvgIpc) is 2.85. The Morgan fingerprint density at radius 2 is 1.97 bits per heavy atom. The number of nitrogens with zero attached hydrogens (tertiary/aromatic N) is 2. The first-order valence-electron chi connectivity index (χ1n) is 11.7. The molecule has 0 spiro atoms. The van der Waals surface area contributed by atoms with Crippen molar-refractivity contribution in [2.45, 2.75) is 19.4 Å². The zero-order valence-corrected chi connectivity index (χ0v) is 22.8. The number of morpholine rings is 1. The Morgan fingerprint density at radius 3 is 2.72 bits per heavy atom. The fourth-order valence-electron chi connectivity index (χ4n) is 4.54. The van der Waals surface area contributed by atoms with Crippen LogP contribution in [-0.4, -0.2) is 53.3 Å². The van der Waals surface area contributed by atoms with Gasteiger partial charge in [-0.15, -0.1) is 0 Å². The summed E-state index contributed by atoms with van der Waals surface area (Å²) in [5.74, 6) is 0.0590. The highest BCUT2D eigenvalue weighted by atomic mass is 127. The molecule has 0 unspecified atom stereocenters. The lowest BCUT2D eigenvalue weighted by atomic mass is 10.0. The SMILES string of the molecule is CC(C)(CNc1ccc2nc(Nc3c(Cl)cc(F)cc3I)c3cc[nH]c(=O)c3c2c1)N1CCOCC1. The summed E-state index contributed by atoms with van der Waals surface area (Å²) in [6.07, 6.45) is 1.59. The van der Waals surface area contributed by atoms with Crippen LogP contribution in [0.25, 0.3) is 21.7 Å². The standard InChI is InChI=1S/C26H26ClFIN5O2/c1-26(2,34-7-9-36-10-8-34)14-31-16-3-4-21-18(13-16)22-17(5-6-30-25(22)35)24(32-21)33-23-19(27)11-15(28)12-20(23)29/h3-6,11-13,31H,7-10,14H2,1-2H3,(H,30,35)(H,32,33). The van der Waals surface area contributed by atoms with Crippen molar-refractivity contribution in [3.05, 3.63) is 67.4 Å². The Bertz CT molecular complexity index is 1480. The van der Waals surface area contributed by atoms with Crippen LogP contribution in [0.15, 0.2) is 47.4 Å². The number of anilines is 3. The third-order valence-corrected chi connectivity index (χ3v) is 7.71. The van der Waals surface area contributed by atoms with Crippen LogP contribution in [0.3, 0.4) is 0 Å². The number of H-pyrrole nitrogens is 1. The molecule has 0 radical (unpaired) electrons. The second kappa shape index (κ2) is 10.1. The largest absolute Gasteiger partial charge is 0.383 e. The number of hydrogen-bond acceptors (Lipinski definition) is 6. The predicted molar refractivity (Wildman–Crippen MR) is 152 cm³/mol. The summed E-state index contributed by atoms with van der Waals surface area (Å²) in [6.45, 7) is 8.48. The lowest BCUT2D eigenvalue weighted by Crippen LogP contribution is -2.53. The molecule has 0 amide bonds. The van der Waals surface area contributed by atoms with Crippen molar-refractivity contribution in [2.75, 3.05) is 43.5 Å². The van der Waals surface area contributed by atoms with Gasteiger partial charge in [0.05, 0.1) is 34.8 Å². The number of aromatic amines is 1. The summed E-state index contributed by atoms with van der Waals surface area (Å²) < 4.78 is 19.9. The predicted octanol–water partition coefficient (Wildman–Crippen LogP) is 5.74. The van der Waals surface area contributed by atoms with E-state index in [0.29, 0.717) is 31.4 Å². The van der Waals surface area contributed by atoms with E-state index in [0.717, 1.165) is 43.9 Å². The minimum Gasteiger partial charge on any atom is -0.383 e. The van der Waals surface area contributed by atoms with Crippen LogP contribution in [-0.2, 0) is 4.74 Å². The number of hydrogen-bond donors (Lipinski definition) is 3. The molecule has 0 saturated carbocycles. The smallest absolute Gasteiger partial charge is 0.256 e. The molecule has 7 nitrogen and oxygen atoms in total. The molecule has 1 saturated heterocycles. The van der Waals surface area contributed by atoms with Crippen molar-refractivity contribution in [3.63, 3.8) is 0 Å². The fourth-order valence-corrected chi connectivity index (χ4v) is 5.68. The van der Waals surface area contributed by atoms with Crippen LogP contribution in [0.5, 0.6) is 0 Å². The second-order valence-corrected chi connectivity index (χ2v) is 11.0. The zero-order chi connectivity index (χ0) is 25.4. The van der Waals surface area contributed by atoms with Crippen molar-refractivity contribution in [2.24, 2.45) is 0 Å². The third kappa shape index (κ3) is 5.02. The molecule has 10 heteroatoms. The first-order valence-corrected chi connectivity index (χ1v) is 13.1. The molecule has 3 heterocycles. The van der Waals surface area contributed by atoms with Gasteiger partial charge in [0.25, 0.3) is 5.56 Å². The van der Waals surface area contributed by atoms with E-state index in [1.54, 1.807) is 12.3 Å². The number of fused-ring (bicyclic) bond motifs is 3. The van der Waals surface area contributed by atoms with E-state index in [9.17, 15) is 9.18 Å². The summed E-state index contributed by atoms with van der Waals surface area (Å²) in [5.41, 5.74) is 1.83. The van der Waals surface area contributed by atoms with Gasteiger partial charge in [-0.25, -0.2) is 9.37 Å². The normalized spacial score (nSPS) is 14.9. The van der Waals surface area contributed by atoms with Gasteiger partial charge in [-0.05, 0) is 72.8 Å². The summed E-state index contributed by atoms with van der Waals surface area (Å²) in [6, 6.07) is 10.3. The molecule has 2 aromatic carbocycles. The number of ether oxygens (including phenoxy) is 1. The number of nitrogens with one attached hydrogen (secondary N) is 3. The number of aromatic nitrogens is 2. The Labute approximate surface area is 226 Å². The van der Waals surface area contributed by atoms with Crippen LogP contribution in [0.1, 0.15) is 13.8 Å². The maximum absolute atomic E-state index is 13.7. The molecule has 36 heavy (non-hydrogen) atoms. The van der Waals surface area contributed by atoms with E-state index in [2.05, 4.69) is 34.4 Å². The molecule has 5 rings (SSSR count). The van der Waals surface area contributed by atoms with Gasteiger partial charge >= 0.3 is 0 Å². The van der Waals surface area contributed by atoms with Gasteiger partial charge in [0.2, 0.25) is 0 Å². The van der Waals surface area contributed by atoms with Gasteiger partial charge in [0, 0.05) is 51.4 Å². The lowest BCUT2D eigenvalue weighted by molar-refractivity contribution is -0.00568. The van der Waals surface area contributed by atoms with Gasteiger partial charge in [-0.1, -0.05) is 11.6 Å². The Balaban J connectivity index is 1.52. The van der Waals surface area contributed by atoms with E-state index in [1.807, 2.05) is 40.8 Å². The molecule has 3 N–H and O–H groups in total. The van der Waals surface area contributed by atoms with Crippen LogP contribution >= 0.6 is 34.2 Å². The van der Waals surface area contributed by atoms with E-state index >= 15 is 0 Å². The Hall–Kier alpha value is -2.47. The van der Waals surface area contributed by atoms with Crippen molar-refractivity contribution >= 4 is 73.1 Å². The van der Waals surface area contributed by atoms with Gasteiger partial charge in [0.1, 0.15) is 11.6 Å². The zero-order valence-electron chi connectivity index (χ0n) is 19.9. The monoisotopic (exact) mass is 621 g/mol. The first-order chi connectivity index (χ1) is 17.2. The maximum atomic E-state index is 13.7. The van der Waals surface area contributed by atoms with Gasteiger partial charge in [-0.2, -0.15) is 0 Å². The molecule has 4 aromatic rings. The highest BCUT2D eigenvalue weighted by molar-refractivity contribution is 14.1. The van der Waals surface area contributed by atoms with Crippen molar-refractivity contribution in [1.82, 2.24) is 14.9 Å². The van der Waals surface area contributed by atoms with Crippen LogP contribution in [0, 0.1) is 9.39 Å². The minimum absolute atomic E-state index is 0.0596. The van der Waals surface area contributed by atoms with E-state index in [4.69, 9.17) is 21.3 Å². The molecule has 1 aliphatic rings. The lowest BCUT2D eigenvalue weighted by Gasteiger charge is -2.41. The van der Waals surface area contributed by atoms with Gasteiger partial charge < -0.3 is 20.4 Å². The quantitative estimate of drug-likeness (QED) is 0.188. The third-order valence-electron chi connectivity index (χ3n) is 6.56. The number of pyridine rings is 2. The summed E-state index contributed by atoms with van der Waals surface area (Å²) in [7, 11) is 0. The molecule has 1 aliphatic heterocycles. The van der Waals surface area contributed by atoms with Crippen molar-refractivity contribution in [3.8, 4) is 0 Å². The maximum Gasteiger partial charge on any atom is 0.256 e. The topological polar surface area (TPSA) is 82.3 Å². The second-order valence-electron chi connectivity index (χ2n) is 9.42.